The lowest BCUT2D eigenvalue weighted by Crippen LogP contribution is -2.20. The Morgan fingerprint density at radius 3 is 2.56 bits per heavy atom. The Morgan fingerprint density at radius 1 is 1.12 bits per heavy atom. The van der Waals surface area contributed by atoms with Crippen molar-refractivity contribution in [3.05, 3.63) is 47.9 Å². The molecule has 0 radical (unpaired) electrons. The van der Waals surface area contributed by atoms with Gasteiger partial charge in [0.05, 0.1) is 0 Å². The molecular formula is C20H26N4O. The van der Waals surface area contributed by atoms with Crippen LogP contribution in [-0.4, -0.2) is 21.9 Å². The third-order valence-electron chi connectivity index (χ3n) is 4.59. The SMILES string of the molecule is CC(C)(C)c1ccccc1NC(=O)c1cc(NC2CCCC2)ncn1. The molecule has 1 fully saturated rings. The minimum atomic E-state index is -0.214. The molecule has 1 aliphatic carbocycles. The van der Waals surface area contributed by atoms with E-state index in [4.69, 9.17) is 0 Å². The van der Waals surface area contributed by atoms with Crippen molar-refractivity contribution < 1.29 is 4.79 Å². The van der Waals surface area contributed by atoms with Crippen LogP contribution in [0.2, 0.25) is 0 Å². The Balaban J connectivity index is 1.76. The molecule has 25 heavy (non-hydrogen) atoms. The van der Waals surface area contributed by atoms with Crippen LogP contribution in [-0.2, 0) is 5.41 Å². The fourth-order valence-electron chi connectivity index (χ4n) is 3.27. The molecule has 1 aromatic heterocycles. The van der Waals surface area contributed by atoms with Crippen LogP contribution in [0.3, 0.4) is 0 Å². The van der Waals surface area contributed by atoms with Crippen LogP contribution in [0, 0.1) is 0 Å². The first kappa shape index (κ1) is 17.4. The van der Waals surface area contributed by atoms with Gasteiger partial charge in [0.25, 0.3) is 5.91 Å². The zero-order chi connectivity index (χ0) is 17.9. The van der Waals surface area contributed by atoms with Gasteiger partial charge in [-0.2, -0.15) is 0 Å². The molecule has 132 valence electrons. The van der Waals surface area contributed by atoms with Gasteiger partial charge in [-0.1, -0.05) is 51.8 Å². The third kappa shape index (κ3) is 4.35. The normalized spacial score (nSPS) is 15.2. The smallest absolute Gasteiger partial charge is 0.274 e. The molecule has 0 spiro atoms. The number of benzene rings is 1. The highest BCUT2D eigenvalue weighted by atomic mass is 16.1. The van der Waals surface area contributed by atoms with Crippen LogP contribution < -0.4 is 10.6 Å². The first-order valence-corrected chi connectivity index (χ1v) is 8.93. The zero-order valence-corrected chi connectivity index (χ0v) is 15.2. The first-order valence-electron chi connectivity index (χ1n) is 8.93. The summed E-state index contributed by atoms with van der Waals surface area (Å²) in [6, 6.07) is 10.1. The van der Waals surface area contributed by atoms with E-state index in [1.165, 1.54) is 19.2 Å². The van der Waals surface area contributed by atoms with E-state index in [1.807, 2.05) is 24.3 Å². The van der Waals surface area contributed by atoms with Gasteiger partial charge < -0.3 is 10.6 Å². The van der Waals surface area contributed by atoms with Crippen LogP contribution in [0.5, 0.6) is 0 Å². The van der Waals surface area contributed by atoms with Crippen LogP contribution in [0.15, 0.2) is 36.7 Å². The van der Waals surface area contributed by atoms with Crippen molar-refractivity contribution >= 4 is 17.4 Å². The van der Waals surface area contributed by atoms with Gasteiger partial charge in [-0.15, -0.1) is 0 Å². The second kappa shape index (κ2) is 7.21. The standard InChI is InChI=1S/C20H26N4O/c1-20(2,3)15-10-6-7-11-16(15)24-19(25)17-12-18(22-13-21-17)23-14-8-4-5-9-14/h6-7,10-14H,4-5,8-9H2,1-3H3,(H,24,25)(H,21,22,23). The second-order valence-electron chi connectivity index (χ2n) is 7.66. The van der Waals surface area contributed by atoms with Gasteiger partial charge in [-0.05, 0) is 29.9 Å². The largest absolute Gasteiger partial charge is 0.367 e. The van der Waals surface area contributed by atoms with E-state index in [1.54, 1.807) is 6.07 Å². The molecule has 3 rings (SSSR count). The van der Waals surface area contributed by atoms with Crippen LogP contribution >= 0.6 is 0 Å². The lowest BCUT2D eigenvalue weighted by atomic mass is 9.86. The van der Waals surface area contributed by atoms with Crippen molar-refractivity contribution in [2.75, 3.05) is 10.6 Å². The quantitative estimate of drug-likeness (QED) is 0.868. The van der Waals surface area contributed by atoms with Gasteiger partial charge in [0.2, 0.25) is 0 Å². The average Bonchev–Trinajstić information content (AvgIpc) is 3.07. The van der Waals surface area contributed by atoms with Crippen molar-refractivity contribution in [3.63, 3.8) is 0 Å². The summed E-state index contributed by atoms with van der Waals surface area (Å²) in [6.07, 6.45) is 6.26. The van der Waals surface area contributed by atoms with Gasteiger partial charge in [0, 0.05) is 17.8 Å². The van der Waals surface area contributed by atoms with Crippen LogP contribution in [0.1, 0.15) is 62.5 Å². The van der Waals surface area contributed by atoms with Crippen molar-refractivity contribution in [1.82, 2.24) is 9.97 Å². The molecule has 2 N–H and O–H groups in total. The van der Waals surface area contributed by atoms with Crippen molar-refractivity contribution in [1.29, 1.82) is 0 Å². The summed E-state index contributed by atoms with van der Waals surface area (Å²) in [4.78, 5) is 21.0. The monoisotopic (exact) mass is 338 g/mol. The van der Waals surface area contributed by atoms with Crippen molar-refractivity contribution in [3.8, 4) is 0 Å². The molecule has 1 saturated carbocycles. The third-order valence-corrected chi connectivity index (χ3v) is 4.59. The predicted molar refractivity (Wildman–Crippen MR) is 101 cm³/mol. The van der Waals surface area contributed by atoms with E-state index >= 15 is 0 Å². The van der Waals surface area contributed by atoms with E-state index in [0.717, 1.165) is 29.9 Å². The van der Waals surface area contributed by atoms with E-state index in [-0.39, 0.29) is 11.3 Å². The summed E-state index contributed by atoms with van der Waals surface area (Å²) < 4.78 is 0. The molecule has 0 atom stereocenters. The molecule has 0 unspecified atom stereocenters. The Bertz CT molecular complexity index is 745. The molecule has 0 saturated heterocycles. The maximum atomic E-state index is 12.7. The van der Waals surface area contributed by atoms with Gasteiger partial charge in [0.1, 0.15) is 17.8 Å². The molecule has 5 heteroatoms. The summed E-state index contributed by atoms with van der Waals surface area (Å²) in [5.74, 6) is 0.504. The molecule has 1 amide bonds. The fraction of sp³-hybridized carbons (Fsp3) is 0.450. The summed E-state index contributed by atoms with van der Waals surface area (Å²) in [5, 5.41) is 6.40. The molecule has 5 nitrogen and oxygen atoms in total. The minimum Gasteiger partial charge on any atom is -0.367 e. The Kier molecular flexibility index (Phi) is 5.02. The van der Waals surface area contributed by atoms with Crippen molar-refractivity contribution in [2.24, 2.45) is 0 Å². The number of para-hydroxylation sites is 1. The van der Waals surface area contributed by atoms with E-state index < -0.39 is 0 Å². The fourth-order valence-corrected chi connectivity index (χ4v) is 3.27. The topological polar surface area (TPSA) is 66.9 Å². The highest BCUT2D eigenvalue weighted by Crippen LogP contribution is 2.29. The van der Waals surface area contributed by atoms with E-state index in [9.17, 15) is 4.79 Å². The first-order chi connectivity index (χ1) is 11.9. The van der Waals surface area contributed by atoms with Crippen LogP contribution in [0.25, 0.3) is 0 Å². The number of rotatable bonds is 4. The Labute approximate surface area is 149 Å². The summed E-state index contributed by atoms with van der Waals surface area (Å²) in [7, 11) is 0. The molecule has 2 aromatic rings. The number of hydrogen-bond donors (Lipinski definition) is 2. The van der Waals surface area contributed by atoms with Gasteiger partial charge >= 0.3 is 0 Å². The Morgan fingerprint density at radius 2 is 1.84 bits per heavy atom. The maximum absolute atomic E-state index is 12.7. The van der Waals surface area contributed by atoms with Gasteiger partial charge in [0.15, 0.2) is 0 Å². The number of carbonyl (C=O) groups is 1. The molecule has 1 aromatic carbocycles. The lowest BCUT2D eigenvalue weighted by Gasteiger charge is -2.23. The minimum absolute atomic E-state index is 0.0509. The summed E-state index contributed by atoms with van der Waals surface area (Å²) in [5.41, 5.74) is 2.25. The van der Waals surface area contributed by atoms with Gasteiger partial charge in [-0.25, -0.2) is 9.97 Å². The maximum Gasteiger partial charge on any atom is 0.274 e. The molecule has 1 aliphatic rings. The molecule has 0 bridgehead atoms. The number of amides is 1. The Hall–Kier alpha value is -2.43. The van der Waals surface area contributed by atoms with Crippen LogP contribution in [0.4, 0.5) is 11.5 Å². The highest BCUT2D eigenvalue weighted by Gasteiger charge is 2.20. The summed E-state index contributed by atoms with van der Waals surface area (Å²) in [6.45, 7) is 6.39. The molecular weight excluding hydrogens is 312 g/mol. The number of carbonyl (C=O) groups excluding carboxylic acids is 1. The number of aromatic nitrogens is 2. The number of anilines is 2. The molecule has 1 heterocycles. The molecule has 0 aliphatic heterocycles. The summed E-state index contributed by atoms with van der Waals surface area (Å²) >= 11 is 0. The van der Waals surface area contributed by atoms with E-state index in [0.29, 0.717) is 11.7 Å². The predicted octanol–water partition coefficient (Wildman–Crippen LogP) is 4.38. The second-order valence-corrected chi connectivity index (χ2v) is 7.66. The van der Waals surface area contributed by atoms with Crippen molar-refractivity contribution in [2.45, 2.75) is 57.9 Å². The highest BCUT2D eigenvalue weighted by molar-refractivity contribution is 6.03. The zero-order valence-electron chi connectivity index (χ0n) is 15.2. The number of nitrogens with one attached hydrogen (secondary N) is 2. The lowest BCUT2D eigenvalue weighted by molar-refractivity contribution is 0.102. The number of hydrogen-bond acceptors (Lipinski definition) is 4. The number of nitrogens with zero attached hydrogens (tertiary/aromatic N) is 2. The van der Waals surface area contributed by atoms with E-state index in [2.05, 4.69) is 41.4 Å². The average molecular weight is 338 g/mol. The van der Waals surface area contributed by atoms with Gasteiger partial charge in [-0.3, -0.25) is 4.79 Å².